The average molecular weight is 351 g/mol. The van der Waals surface area contributed by atoms with Crippen LogP contribution in [0.2, 0.25) is 0 Å². The molecule has 0 N–H and O–H groups in total. The van der Waals surface area contributed by atoms with Crippen LogP contribution in [0.5, 0.6) is 0 Å². The quantitative estimate of drug-likeness (QED) is 0.743. The second-order valence-electron chi connectivity index (χ2n) is 4.20. The Labute approximate surface area is 118 Å². The molecule has 1 aromatic carbocycles. The third kappa shape index (κ3) is 1.64. The Kier molecular flexibility index (Phi) is 2.84. The number of nitrogens with zero attached hydrogens (tertiary/aromatic N) is 3. The van der Waals surface area contributed by atoms with E-state index in [1.165, 1.54) is 5.56 Å². The lowest BCUT2D eigenvalue weighted by Gasteiger charge is -2.10. The smallest absolute Gasteiger partial charge is 0.0998 e. The zero-order valence-electron chi connectivity index (χ0n) is 9.77. The molecular weight excluding hydrogens is 341 g/mol. The van der Waals surface area contributed by atoms with Crippen molar-refractivity contribution in [2.45, 2.75) is 13.2 Å². The van der Waals surface area contributed by atoms with Gasteiger partial charge in [0.05, 0.1) is 40.3 Å². The number of halogens is 1. The Morgan fingerprint density at radius 2 is 2.28 bits per heavy atom. The number of ether oxygens (including phenoxy) is 1. The SMILES string of the molecule is Cn1ncc(I)c1-c1c(C#N)ccc2c1COC2. The summed E-state index contributed by atoms with van der Waals surface area (Å²) in [5, 5.41) is 13.6. The van der Waals surface area contributed by atoms with E-state index in [0.717, 1.165) is 20.4 Å². The van der Waals surface area contributed by atoms with Crippen LogP contribution in [0.3, 0.4) is 0 Å². The van der Waals surface area contributed by atoms with Gasteiger partial charge >= 0.3 is 0 Å². The van der Waals surface area contributed by atoms with E-state index < -0.39 is 0 Å². The zero-order valence-corrected chi connectivity index (χ0v) is 11.9. The molecular formula is C13H10IN3O. The minimum atomic E-state index is 0.571. The van der Waals surface area contributed by atoms with Crippen molar-refractivity contribution in [3.8, 4) is 17.3 Å². The van der Waals surface area contributed by atoms with Gasteiger partial charge in [-0.05, 0) is 39.8 Å². The van der Waals surface area contributed by atoms with Crippen LogP contribution in [0.4, 0.5) is 0 Å². The van der Waals surface area contributed by atoms with Crippen molar-refractivity contribution in [1.82, 2.24) is 9.78 Å². The molecule has 1 aliphatic heterocycles. The van der Waals surface area contributed by atoms with Gasteiger partial charge in [0.2, 0.25) is 0 Å². The molecule has 2 aromatic rings. The van der Waals surface area contributed by atoms with E-state index in [1.807, 2.05) is 30.1 Å². The first kappa shape index (κ1) is 11.7. The normalized spacial score (nSPS) is 13.4. The average Bonchev–Trinajstić information content (AvgIpc) is 2.96. The van der Waals surface area contributed by atoms with E-state index in [4.69, 9.17) is 4.74 Å². The number of hydrogen-bond donors (Lipinski definition) is 0. The van der Waals surface area contributed by atoms with E-state index in [-0.39, 0.29) is 0 Å². The maximum atomic E-state index is 9.31. The molecule has 3 rings (SSSR count). The van der Waals surface area contributed by atoms with Gasteiger partial charge in [-0.3, -0.25) is 4.68 Å². The molecule has 90 valence electrons. The largest absolute Gasteiger partial charge is 0.372 e. The van der Waals surface area contributed by atoms with Crippen LogP contribution in [0.1, 0.15) is 16.7 Å². The van der Waals surface area contributed by atoms with Crippen LogP contribution >= 0.6 is 22.6 Å². The van der Waals surface area contributed by atoms with Gasteiger partial charge in [-0.1, -0.05) is 6.07 Å². The van der Waals surface area contributed by atoms with Crippen molar-refractivity contribution in [2.75, 3.05) is 0 Å². The highest BCUT2D eigenvalue weighted by atomic mass is 127. The van der Waals surface area contributed by atoms with Crippen molar-refractivity contribution >= 4 is 22.6 Å². The monoisotopic (exact) mass is 351 g/mol. The highest BCUT2D eigenvalue weighted by molar-refractivity contribution is 14.1. The fraction of sp³-hybridized carbons (Fsp3) is 0.231. The molecule has 0 bridgehead atoms. The lowest BCUT2D eigenvalue weighted by molar-refractivity contribution is 0.134. The Morgan fingerprint density at radius 3 is 2.94 bits per heavy atom. The molecule has 0 radical (unpaired) electrons. The summed E-state index contributed by atoms with van der Waals surface area (Å²) in [6, 6.07) is 6.11. The van der Waals surface area contributed by atoms with E-state index in [9.17, 15) is 5.26 Å². The summed E-state index contributed by atoms with van der Waals surface area (Å²) in [5.74, 6) is 0. The van der Waals surface area contributed by atoms with E-state index in [1.54, 1.807) is 0 Å². The first-order valence-corrected chi connectivity index (χ1v) is 6.60. The topological polar surface area (TPSA) is 50.8 Å². The molecule has 5 heteroatoms. The molecule has 0 amide bonds. The molecule has 0 unspecified atom stereocenters. The van der Waals surface area contributed by atoms with Crippen LogP contribution in [0, 0.1) is 14.9 Å². The fourth-order valence-corrected chi connectivity index (χ4v) is 3.05. The van der Waals surface area contributed by atoms with Crippen molar-refractivity contribution in [3.05, 3.63) is 38.6 Å². The summed E-state index contributed by atoms with van der Waals surface area (Å²) in [7, 11) is 1.90. The predicted molar refractivity (Wildman–Crippen MR) is 74.6 cm³/mol. The lowest BCUT2D eigenvalue weighted by atomic mass is 9.96. The number of benzene rings is 1. The maximum absolute atomic E-state index is 9.31. The summed E-state index contributed by atoms with van der Waals surface area (Å²) in [5.41, 5.74) is 4.93. The minimum absolute atomic E-state index is 0.571. The molecule has 0 aliphatic carbocycles. The Balaban J connectivity index is 2.35. The first-order valence-electron chi connectivity index (χ1n) is 5.53. The second-order valence-corrected chi connectivity index (χ2v) is 5.36. The van der Waals surface area contributed by atoms with Crippen LogP contribution in [-0.4, -0.2) is 9.78 Å². The van der Waals surface area contributed by atoms with E-state index in [0.29, 0.717) is 18.8 Å². The summed E-state index contributed by atoms with van der Waals surface area (Å²) >= 11 is 2.25. The van der Waals surface area contributed by atoms with Gasteiger partial charge in [0.1, 0.15) is 0 Å². The Hall–Kier alpha value is -1.39. The van der Waals surface area contributed by atoms with Crippen molar-refractivity contribution in [1.29, 1.82) is 5.26 Å². The zero-order chi connectivity index (χ0) is 12.7. The third-order valence-electron chi connectivity index (χ3n) is 3.17. The first-order chi connectivity index (χ1) is 8.72. The predicted octanol–water partition coefficient (Wildman–Crippen LogP) is 2.59. The number of aryl methyl sites for hydroxylation is 1. The van der Waals surface area contributed by atoms with Crippen molar-refractivity contribution < 1.29 is 4.74 Å². The second kappa shape index (κ2) is 4.37. The van der Waals surface area contributed by atoms with Gasteiger partial charge in [-0.15, -0.1) is 0 Å². The molecule has 0 atom stereocenters. The molecule has 2 heterocycles. The summed E-state index contributed by atoms with van der Waals surface area (Å²) < 4.78 is 8.36. The van der Waals surface area contributed by atoms with Gasteiger partial charge < -0.3 is 4.74 Å². The fourth-order valence-electron chi connectivity index (χ4n) is 2.31. The molecule has 0 saturated heterocycles. The number of hydrogen-bond acceptors (Lipinski definition) is 3. The molecule has 18 heavy (non-hydrogen) atoms. The summed E-state index contributed by atoms with van der Waals surface area (Å²) in [6.07, 6.45) is 1.81. The maximum Gasteiger partial charge on any atom is 0.0998 e. The number of fused-ring (bicyclic) bond motifs is 1. The van der Waals surface area contributed by atoms with Crippen LogP contribution < -0.4 is 0 Å². The molecule has 1 aromatic heterocycles. The Morgan fingerprint density at radius 1 is 1.44 bits per heavy atom. The summed E-state index contributed by atoms with van der Waals surface area (Å²) in [6.45, 7) is 1.20. The van der Waals surface area contributed by atoms with Gasteiger partial charge in [-0.25, -0.2) is 0 Å². The Bertz CT molecular complexity index is 650. The molecule has 0 fully saturated rings. The van der Waals surface area contributed by atoms with Gasteiger partial charge in [0.15, 0.2) is 0 Å². The van der Waals surface area contributed by atoms with Crippen molar-refractivity contribution in [3.63, 3.8) is 0 Å². The standard InChI is InChI=1S/C13H10IN3O/c1-17-13(11(14)5-16-17)12-8(4-15)2-3-9-6-18-7-10(9)12/h2-3,5H,6-7H2,1H3. The van der Waals surface area contributed by atoms with E-state index in [2.05, 4.69) is 33.8 Å². The number of aromatic nitrogens is 2. The summed E-state index contributed by atoms with van der Waals surface area (Å²) in [4.78, 5) is 0. The lowest BCUT2D eigenvalue weighted by Crippen LogP contribution is -2.00. The highest BCUT2D eigenvalue weighted by Gasteiger charge is 2.23. The minimum Gasteiger partial charge on any atom is -0.372 e. The van der Waals surface area contributed by atoms with Crippen LogP contribution in [-0.2, 0) is 25.0 Å². The molecule has 4 nitrogen and oxygen atoms in total. The third-order valence-corrected chi connectivity index (χ3v) is 3.95. The van der Waals surface area contributed by atoms with E-state index >= 15 is 0 Å². The number of nitriles is 1. The molecule has 1 aliphatic rings. The van der Waals surface area contributed by atoms with Gasteiger partial charge in [-0.2, -0.15) is 10.4 Å². The highest BCUT2D eigenvalue weighted by Crippen LogP contribution is 2.36. The number of rotatable bonds is 1. The van der Waals surface area contributed by atoms with Gasteiger partial charge in [0, 0.05) is 12.6 Å². The molecule has 0 spiro atoms. The van der Waals surface area contributed by atoms with Crippen LogP contribution in [0.15, 0.2) is 18.3 Å². The van der Waals surface area contributed by atoms with Gasteiger partial charge in [0.25, 0.3) is 0 Å². The van der Waals surface area contributed by atoms with Crippen LogP contribution in [0.25, 0.3) is 11.3 Å². The molecule has 0 saturated carbocycles. The van der Waals surface area contributed by atoms with Crippen molar-refractivity contribution in [2.24, 2.45) is 7.05 Å².